The standard InChI is InChI=1S/C13H15F3N2O3/c1-8-4-5-9(6-10(8)11(19)21-3)17-12(20)18(2)7-13(14,15)16/h4-6H,7H2,1-3H3,(H,17,20). The number of esters is 1. The average Bonchev–Trinajstić information content (AvgIpc) is 2.38. The number of rotatable bonds is 3. The maximum Gasteiger partial charge on any atom is 0.406 e. The maximum atomic E-state index is 12.2. The van der Waals surface area contributed by atoms with Gasteiger partial charge in [0.1, 0.15) is 6.54 Å². The number of hydrogen-bond donors (Lipinski definition) is 1. The van der Waals surface area contributed by atoms with E-state index in [0.717, 1.165) is 7.05 Å². The molecule has 21 heavy (non-hydrogen) atoms. The van der Waals surface area contributed by atoms with Gasteiger partial charge in [0.2, 0.25) is 0 Å². The number of ether oxygens (including phenoxy) is 1. The molecule has 0 heterocycles. The molecule has 0 aliphatic heterocycles. The monoisotopic (exact) mass is 304 g/mol. The quantitative estimate of drug-likeness (QED) is 0.874. The highest BCUT2D eigenvalue weighted by atomic mass is 19.4. The summed E-state index contributed by atoms with van der Waals surface area (Å²) in [7, 11) is 2.24. The molecule has 2 amide bonds. The number of aryl methyl sites for hydroxylation is 1. The van der Waals surface area contributed by atoms with Gasteiger partial charge in [-0.05, 0) is 24.6 Å². The van der Waals surface area contributed by atoms with Gasteiger partial charge in [0.05, 0.1) is 12.7 Å². The van der Waals surface area contributed by atoms with E-state index < -0.39 is 24.7 Å². The fourth-order valence-corrected chi connectivity index (χ4v) is 1.59. The lowest BCUT2D eigenvalue weighted by Crippen LogP contribution is -2.38. The second kappa shape index (κ2) is 6.47. The van der Waals surface area contributed by atoms with Crippen LogP contribution in [-0.4, -0.2) is 43.8 Å². The summed E-state index contributed by atoms with van der Waals surface area (Å²) < 4.78 is 41.2. The van der Waals surface area contributed by atoms with E-state index in [9.17, 15) is 22.8 Å². The Morgan fingerprint density at radius 2 is 1.95 bits per heavy atom. The Hall–Kier alpha value is -2.25. The molecule has 0 unspecified atom stereocenters. The first kappa shape index (κ1) is 16.8. The number of benzene rings is 1. The second-order valence-electron chi connectivity index (χ2n) is 4.42. The van der Waals surface area contributed by atoms with Crippen LogP contribution < -0.4 is 5.32 Å². The number of halogens is 3. The largest absolute Gasteiger partial charge is 0.465 e. The molecule has 8 heteroatoms. The Labute approximate surface area is 119 Å². The van der Waals surface area contributed by atoms with Gasteiger partial charge in [0, 0.05) is 12.7 Å². The lowest BCUT2D eigenvalue weighted by atomic mass is 10.1. The Morgan fingerprint density at radius 1 is 1.33 bits per heavy atom. The zero-order valence-electron chi connectivity index (χ0n) is 11.7. The number of methoxy groups -OCH3 is 1. The molecule has 0 saturated heterocycles. The van der Waals surface area contributed by atoms with Crippen molar-refractivity contribution >= 4 is 17.7 Å². The van der Waals surface area contributed by atoms with Gasteiger partial charge in [-0.15, -0.1) is 0 Å². The minimum absolute atomic E-state index is 0.208. The van der Waals surface area contributed by atoms with Crippen molar-refractivity contribution in [2.24, 2.45) is 0 Å². The van der Waals surface area contributed by atoms with Crippen molar-refractivity contribution in [2.45, 2.75) is 13.1 Å². The van der Waals surface area contributed by atoms with E-state index >= 15 is 0 Å². The van der Waals surface area contributed by atoms with E-state index in [1.165, 1.54) is 19.2 Å². The van der Waals surface area contributed by atoms with Crippen LogP contribution in [0.15, 0.2) is 18.2 Å². The van der Waals surface area contributed by atoms with Crippen LogP contribution in [0.4, 0.5) is 23.7 Å². The summed E-state index contributed by atoms with van der Waals surface area (Å²) in [6, 6.07) is 3.47. The first-order valence-corrected chi connectivity index (χ1v) is 5.92. The molecule has 0 aliphatic carbocycles. The molecule has 5 nitrogen and oxygen atoms in total. The van der Waals surface area contributed by atoms with Crippen molar-refractivity contribution in [3.8, 4) is 0 Å². The van der Waals surface area contributed by atoms with Gasteiger partial charge in [0.15, 0.2) is 0 Å². The third-order valence-electron chi connectivity index (χ3n) is 2.66. The molecule has 0 spiro atoms. The number of urea groups is 1. The molecule has 0 radical (unpaired) electrons. The Bertz CT molecular complexity index is 544. The van der Waals surface area contributed by atoms with Crippen LogP contribution >= 0.6 is 0 Å². The lowest BCUT2D eigenvalue weighted by molar-refractivity contribution is -0.137. The molecule has 0 aliphatic rings. The summed E-state index contributed by atoms with van der Waals surface area (Å²) in [5, 5.41) is 2.29. The second-order valence-corrected chi connectivity index (χ2v) is 4.42. The Balaban J connectivity index is 2.84. The van der Waals surface area contributed by atoms with E-state index in [0.29, 0.717) is 10.5 Å². The predicted molar refractivity (Wildman–Crippen MR) is 70.2 cm³/mol. The smallest absolute Gasteiger partial charge is 0.406 e. The SMILES string of the molecule is COC(=O)c1cc(NC(=O)N(C)CC(F)(F)F)ccc1C. The number of carbonyl (C=O) groups excluding carboxylic acids is 2. The number of amides is 2. The molecular weight excluding hydrogens is 289 g/mol. The molecule has 0 saturated carbocycles. The zero-order valence-corrected chi connectivity index (χ0v) is 11.7. The first-order valence-electron chi connectivity index (χ1n) is 5.92. The Kier molecular flexibility index (Phi) is 5.17. The first-order chi connectivity index (χ1) is 9.64. The van der Waals surface area contributed by atoms with Crippen molar-refractivity contribution in [3.05, 3.63) is 29.3 Å². The molecule has 0 aromatic heterocycles. The van der Waals surface area contributed by atoms with Crippen LogP contribution in [0.1, 0.15) is 15.9 Å². The Morgan fingerprint density at radius 3 is 2.48 bits per heavy atom. The number of anilines is 1. The van der Waals surface area contributed by atoms with Crippen molar-refractivity contribution in [1.82, 2.24) is 4.90 Å². The van der Waals surface area contributed by atoms with Crippen LogP contribution in [0, 0.1) is 6.92 Å². The van der Waals surface area contributed by atoms with Crippen LogP contribution in [0.3, 0.4) is 0 Å². The molecule has 0 atom stereocenters. The van der Waals surface area contributed by atoms with Gasteiger partial charge in [-0.1, -0.05) is 6.07 Å². The normalized spacial score (nSPS) is 11.0. The number of hydrogen-bond acceptors (Lipinski definition) is 3. The topological polar surface area (TPSA) is 58.6 Å². The number of nitrogens with zero attached hydrogens (tertiary/aromatic N) is 1. The van der Waals surface area contributed by atoms with Gasteiger partial charge in [-0.3, -0.25) is 0 Å². The summed E-state index contributed by atoms with van der Waals surface area (Å²) in [6.45, 7) is 0.308. The number of carbonyl (C=O) groups is 2. The fraction of sp³-hybridized carbons (Fsp3) is 0.385. The highest BCUT2D eigenvalue weighted by Crippen LogP contribution is 2.18. The van der Waals surface area contributed by atoms with E-state index in [2.05, 4.69) is 10.1 Å². The highest BCUT2D eigenvalue weighted by molar-refractivity contribution is 5.95. The summed E-state index contributed by atoms with van der Waals surface area (Å²) in [5.41, 5.74) is 1.07. The fourth-order valence-electron chi connectivity index (χ4n) is 1.59. The van der Waals surface area contributed by atoms with Crippen molar-refractivity contribution in [3.63, 3.8) is 0 Å². The van der Waals surface area contributed by atoms with E-state index in [1.807, 2.05) is 0 Å². The summed E-state index contributed by atoms with van der Waals surface area (Å²) in [5.74, 6) is -0.591. The zero-order chi connectivity index (χ0) is 16.2. The minimum atomic E-state index is -4.48. The van der Waals surface area contributed by atoms with Crippen LogP contribution in [0.25, 0.3) is 0 Å². The maximum absolute atomic E-state index is 12.2. The van der Waals surface area contributed by atoms with Crippen molar-refractivity contribution in [2.75, 3.05) is 26.0 Å². The van der Waals surface area contributed by atoms with Gasteiger partial charge >= 0.3 is 18.2 Å². The van der Waals surface area contributed by atoms with E-state index in [1.54, 1.807) is 13.0 Å². The number of nitrogens with one attached hydrogen (secondary N) is 1. The molecule has 1 aromatic rings. The molecular formula is C13H15F3N2O3. The van der Waals surface area contributed by atoms with Gasteiger partial charge < -0.3 is 15.0 Å². The van der Waals surface area contributed by atoms with Gasteiger partial charge in [0.25, 0.3) is 0 Å². The van der Waals surface area contributed by atoms with E-state index in [-0.39, 0.29) is 11.3 Å². The summed E-state index contributed by atoms with van der Waals surface area (Å²) in [4.78, 5) is 23.6. The van der Waals surface area contributed by atoms with E-state index in [4.69, 9.17) is 0 Å². The molecule has 1 N–H and O–H groups in total. The third kappa shape index (κ3) is 4.97. The molecule has 0 fully saturated rings. The van der Waals surface area contributed by atoms with Crippen LogP contribution in [-0.2, 0) is 4.74 Å². The summed E-state index contributed by atoms with van der Waals surface area (Å²) in [6.07, 6.45) is -4.48. The van der Waals surface area contributed by atoms with Gasteiger partial charge in [-0.2, -0.15) is 13.2 Å². The molecule has 116 valence electrons. The van der Waals surface area contributed by atoms with Crippen molar-refractivity contribution in [1.29, 1.82) is 0 Å². The van der Waals surface area contributed by atoms with Gasteiger partial charge in [-0.25, -0.2) is 9.59 Å². The molecule has 1 aromatic carbocycles. The van der Waals surface area contributed by atoms with Crippen LogP contribution in [0.5, 0.6) is 0 Å². The molecule has 0 bridgehead atoms. The minimum Gasteiger partial charge on any atom is -0.465 e. The summed E-state index contributed by atoms with van der Waals surface area (Å²) >= 11 is 0. The molecule has 1 rings (SSSR count). The highest BCUT2D eigenvalue weighted by Gasteiger charge is 2.31. The number of alkyl halides is 3. The average molecular weight is 304 g/mol. The lowest BCUT2D eigenvalue weighted by Gasteiger charge is -2.19. The third-order valence-corrected chi connectivity index (χ3v) is 2.66. The van der Waals surface area contributed by atoms with Crippen molar-refractivity contribution < 1.29 is 27.5 Å². The van der Waals surface area contributed by atoms with Crippen LogP contribution in [0.2, 0.25) is 0 Å². The predicted octanol–water partition coefficient (Wildman–Crippen LogP) is 2.81.